The van der Waals surface area contributed by atoms with Crippen LogP contribution < -0.4 is 16.2 Å². The molecule has 0 spiro atoms. The third-order valence-corrected chi connectivity index (χ3v) is 4.85. The topological polar surface area (TPSA) is 76.0 Å². The first-order chi connectivity index (χ1) is 11.6. The van der Waals surface area contributed by atoms with Gasteiger partial charge in [0.15, 0.2) is 0 Å². The molecule has 1 aliphatic heterocycles. The van der Waals surface area contributed by atoms with Crippen LogP contribution in [-0.2, 0) is 11.3 Å². The summed E-state index contributed by atoms with van der Waals surface area (Å²) in [5.41, 5.74) is 0.541. The van der Waals surface area contributed by atoms with E-state index < -0.39 is 0 Å². The lowest BCUT2D eigenvalue weighted by atomic mass is 10.00. The van der Waals surface area contributed by atoms with E-state index in [4.69, 9.17) is 0 Å². The van der Waals surface area contributed by atoms with E-state index in [1.165, 1.54) is 10.9 Å². The molecule has 2 aromatic rings. The van der Waals surface area contributed by atoms with Crippen LogP contribution in [0.1, 0.15) is 19.3 Å². The predicted octanol–water partition coefficient (Wildman–Crippen LogP) is 2.09. The van der Waals surface area contributed by atoms with Crippen LogP contribution in [0.15, 0.2) is 33.8 Å². The summed E-state index contributed by atoms with van der Waals surface area (Å²) in [5.74, 6) is 0.479. The van der Waals surface area contributed by atoms with E-state index >= 15 is 0 Å². The van der Waals surface area contributed by atoms with E-state index in [1.54, 1.807) is 12.1 Å². The van der Waals surface area contributed by atoms with Crippen LogP contribution in [0.25, 0.3) is 10.9 Å². The number of benzene rings is 1. The first kappa shape index (κ1) is 19.9. The molecule has 1 aliphatic rings. The maximum absolute atomic E-state index is 12.5. The number of aryl methyl sites for hydroxylation is 1. The van der Waals surface area contributed by atoms with Gasteiger partial charge in [-0.1, -0.05) is 15.9 Å². The highest BCUT2D eigenvalue weighted by Gasteiger charge is 2.14. The molecule has 1 unspecified atom stereocenters. The number of rotatable bonds is 5. The molecule has 0 radical (unpaired) electrons. The number of amides is 1. The predicted molar refractivity (Wildman–Crippen MR) is 104 cm³/mol. The van der Waals surface area contributed by atoms with Crippen molar-refractivity contribution in [3.63, 3.8) is 0 Å². The summed E-state index contributed by atoms with van der Waals surface area (Å²) in [6.45, 7) is 3.06. The average Bonchev–Trinajstić information content (AvgIpc) is 2.61. The monoisotopic (exact) mass is 428 g/mol. The molecule has 1 saturated heterocycles. The Labute approximate surface area is 160 Å². The average molecular weight is 430 g/mol. The van der Waals surface area contributed by atoms with Gasteiger partial charge in [0, 0.05) is 24.0 Å². The Balaban J connectivity index is 0.00000225. The molecule has 3 rings (SSSR count). The zero-order valence-corrected chi connectivity index (χ0v) is 16.2. The van der Waals surface area contributed by atoms with E-state index in [2.05, 4.69) is 31.5 Å². The molecule has 0 saturated carbocycles. The summed E-state index contributed by atoms with van der Waals surface area (Å²) in [4.78, 5) is 28.8. The Kier molecular flexibility index (Phi) is 7.40. The Morgan fingerprint density at radius 2 is 2.28 bits per heavy atom. The summed E-state index contributed by atoms with van der Waals surface area (Å²) in [6, 6.07) is 5.42. The summed E-state index contributed by atoms with van der Waals surface area (Å²) in [6.07, 6.45) is 4.10. The van der Waals surface area contributed by atoms with E-state index in [-0.39, 0.29) is 30.3 Å². The summed E-state index contributed by atoms with van der Waals surface area (Å²) in [5, 5.41) is 6.86. The molecule has 2 N–H and O–H groups in total. The van der Waals surface area contributed by atoms with Crippen LogP contribution in [-0.4, -0.2) is 35.1 Å². The number of piperidine rings is 1. The summed E-state index contributed by atoms with van der Waals surface area (Å²) < 4.78 is 2.33. The molecule has 1 aromatic carbocycles. The zero-order chi connectivity index (χ0) is 16.9. The van der Waals surface area contributed by atoms with Gasteiger partial charge in [-0.3, -0.25) is 14.2 Å². The largest absolute Gasteiger partial charge is 0.356 e. The molecule has 1 amide bonds. The standard InChI is InChI=1S/C17H21BrN4O2.ClH/c18-13-3-4-15-14(8-13)17(24)22(11-21-15)7-5-16(23)20-10-12-2-1-6-19-9-12;/h3-4,8,11-12,19H,1-2,5-7,9-10H2,(H,20,23);1H. The van der Waals surface area contributed by atoms with Crippen molar-refractivity contribution in [3.05, 3.63) is 39.4 Å². The molecule has 1 atom stereocenters. The molecular formula is C17H22BrClN4O2. The number of aromatic nitrogens is 2. The van der Waals surface area contributed by atoms with Gasteiger partial charge >= 0.3 is 0 Å². The fourth-order valence-corrected chi connectivity index (χ4v) is 3.32. The van der Waals surface area contributed by atoms with Crippen LogP contribution in [0.4, 0.5) is 0 Å². The fraction of sp³-hybridized carbons (Fsp3) is 0.471. The molecule has 2 heterocycles. The van der Waals surface area contributed by atoms with Crippen molar-refractivity contribution in [1.29, 1.82) is 0 Å². The molecule has 6 nitrogen and oxygen atoms in total. The minimum absolute atomic E-state index is 0. The SMILES string of the molecule is Cl.O=C(CCn1cnc2ccc(Br)cc2c1=O)NCC1CCCNC1. The van der Waals surface area contributed by atoms with Gasteiger partial charge < -0.3 is 10.6 Å². The number of nitrogens with zero attached hydrogens (tertiary/aromatic N) is 2. The second kappa shape index (κ2) is 9.31. The van der Waals surface area contributed by atoms with Crippen molar-refractivity contribution in [1.82, 2.24) is 20.2 Å². The second-order valence-electron chi connectivity index (χ2n) is 6.17. The van der Waals surface area contributed by atoms with Crippen LogP contribution in [0.2, 0.25) is 0 Å². The number of nitrogens with one attached hydrogen (secondary N) is 2. The highest BCUT2D eigenvalue weighted by Crippen LogP contribution is 2.14. The Morgan fingerprint density at radius 1 is 1.44 bits per heavy atom. The van der Waals surface area contributed by atoms with Gasteiger partial charge in [0.2, 0.25) is 5.91 Å². The minimum atomic E-state index is -0.120. The van der Waals surface area contributed by atoms with Crippen LogP contribution in [0.5, 0.6) is 0 Å². The number of carbonyl (C=O) groups is 1. The number of hydrogen-bond donors (Lipinski definition) is 2. The maximum atomic E-state index is 12.5. The van der Waals surface area contributed by atoms with E-state index in [9.17, 15) is 9.59 Å². The zero-order valence-electron chi connectivity index (χ0n) is 13.8. The molecule has 136 valence electrons. The molecule has 1 fully saturated rings. The van der Waals surface area contributed by atoms with Gasteiger partial charge in [0.05, 0.1) is 17.2 Å². The van der Waals surface area contributed by atoms with Crippen molar-refractivity contribution in [2.75, 3.05) is 19.6 Å². The third-order valence-electron chi connectivity index (χ3n) is 4.35. The number of hydrogen-bond acceptors (Lipinski definition) is 4. The van der Waals surface area contributed by atoms with Crippen LogP contribution in [0.3, 0.4) is 0 Å². The van der Waals surface area contributed by atoms with E-state index in [0.717, 1.165) is 30.4 Å². The summed E-state index contributed by atoms with van der Waals surface area (Å²) >= 11 is 3.37. The number of carbonyl (C=O) groups excluding carboxylic acids is 1. The van der Waals surface area contributed by atoms with E-state index in [0.29, 0.717) is 29.9 Å². The van der Waals surface area contributed by atoms with Gasteiger partial charge in [0.25, 0.3) is 5.56 Å². The molecule has 25 heavy (non-hydrogen) atoms. The number of fused-ring (bicyclic) bond motifs is 1. The Hall–Kier alpha value is -1.44. The second-order valence-corrected chi connectivity index (χ2v) is 7.09. The number of halogens is 2. The van der Waals surface area contributed by atoms with Crippen LogP contribution >= 0.6 is 28.3 Å². The molecule has 8 heteroatoms. The highest BCUT2D eigenvalue weighted by molar-refractivity contribution is 9.10. The first-order valence-corrected chi connectivity index (χ1v) is 9.05. The molecule has 0 aliphatic carbocycles. The lowest BCUT2D eigenvalue weighted by Gasteiger charge is -2.22. The van der Waals surface area contributed by atoms with Gasteiger partial charge in [0.1, 0.15) is 0 Å². The normalized spacial score (nSPS) is 17.1. The quantitative estimate of drug-likeness (QED) is 0.763. The maximum Gasteiger partial charge on any atom is 0.261 e. The van der Waals surface area contributed by atoms with Gasteiger partial charge in [-0.15, -0.1) is 12.4 Å². The summed E-state index contributed by atoms with van der Waals surface area (Å²) in [7, 11) is 0. The highest BCUT2D eigenvalue weighted by atomic mass is 79.9. The lowest BCUT2D eigenvalue weighted by Crippen LogP contribution is -2.38. The van der Waals surface area contributed by atoms with Gasteiger partial charge in [-0.2, -0.15) is 0 Å². The molecular weight excluding hydrogens is 408 g/mol. The Bertz CT molecular complexity index is 790. The van der Waals surface area contributed by atoms with Gasteiger partial charge in [-0.05, 0) is 50.0 Å². The fourth-order valence-electron chi connectivity index (χ4n) is 2.96. The van der Waals surface area contributed by atoms with Crippen molar-refractivity contribution in [2.24, 2.45) is 5.92 Å². The first-order valence-electron chi connectivity index (χ1n) is 8.25. The molecule has 1 aromatic heterocycles. The molecule has 0 bridgehead atoms. The van der Waals surface area contributed by atoms with Crippen molar-refractivity contribution < 1.29 is 4.79 Å². The smallest absolute Gasteiger partial charge is 0.261 e. The van der Waals surface area contributed by atoms with Crippen molar-refractivity contribution >= 4 is 45.1 Å². The van der Waals surface area contributed by atoms with Gasteiger partial charge in [-0.25, -0.2) is 4.98 Å². The minimum Gasteiger partial charge on any atom is -0.356 e. The van der Waals surface area contributed by atoms with Crippen molar-refractivity contribution in [2.45, 2.75) is 25.8 Å². The Morgan fingerprint density at radius 3 is 3.04 bits per heavy atom. The third kappa shape index (κ3) is 5.26. The van der Waals surface area contributed by atoms with Crippen molar-refractivity contribution in [3.8, 4) is 0 Å². The van der Waals surface area contributed by atoms with Crippen LogP contribution in [0, 0.1) is 5.92 Å². The lowest BCUT2D eigenvalue weighted by molar-refractivity contribution is -0.121. The van der Waals surface area contributed by atoms with E-state index in [1.807, 2.05) is 6.07 Å².